The average Bonchev–Trinajstić information content (AvgIpc) is 3.24. The van der Waals surface area contributed by atoms with Gasteiger partial charge in [-0.15, -0.1) is 0 Å². The molecule has 0 heterocycles. The van der Waals surface area contributed by atoms with Gasteiger partial charge in [-0.25, -0.2) is 0 Å². The molecule has 1 fully saturated rings. The molecule has 5 heteroatoms. The normalized spacial score (nSPS) is 15.2. The molecule has 1 atom stereocenters. The molecule has 2 rings (SSSR count). The van der Waals surface area contributed by atoms with Crippen LogP contribution in [-0.2, 0) is 16.0 Å². The van der Waals surface area contributed by atoms with E-state index in [1.165, 1.54) is 0 Å². The summed E-state index contributed by atoms with van der Waals surface area (Å²) in [6.45, 7) is 4.69. The SMILES string of the molecule is CCc1cccc(C)c1NC(=O)C[NH+](C)CC(=O)NC1CC1. The van der Waals surface area contributed by atoms with E-state index in [0.717, 1.165) is 41.0 Å². The van der Waals surface area contributed by atoms with Crippen LogP contribution in [0.2, 0.25) is 0 Å². The molecule has 0 bridgehead atoms. The molecule has 0 radical (unpaired) electrons. The molecule has 1 aromatic carbocycles. The first-order valence-corrected chi connectivity index (χ1v) is 7.98. The molecular formula is C17H26N3O2+. The number of hydrogen-bond acceptors (Lipinski definition) is 2. The number of benzene rings is 1. The van der Waals surface area contributed by atoms with Gasteiger partial charge in [-0.3, -0.25) is 9.59 Å². The highest BCUT2D eigenvalue weighted by Gasteiger charge is 2.25. The monoisotopic (exact) mass is 304 g/mol. The molecule has 0 aromatic heterocycles. The van der Waals surface area contributed by atoms with Crippen LogP contribution in [0.1, 0.15) is 30.9 Å². The molecule has 120 valence electrons. The van der Waals surface area contributed by atoms with Crippen molar-refractivity contribution in [2.75, 3.05) is 25.5 Å². The molecule has 0 saturated heterocycles. The Kier molecular flexibility index (Phi) is 5.55. The van der Waals surface area contributed by atoms with Crippen LogP contribution in [0.25, 0.3) is 0 Å². The number of hydrogen-bond donors (Lipinski definition) is 3. The van der Waals surface area contributed by atoms with Gasteiger partial charge >= 0.3 is 0 Å². The molecule has 0 aliphatic heterocycles. The Morgan fingerprint density at radius 1 is 1.23 bits per heavy atom. The van der Waals surface area contributed by atoms with Gasteiger partial charge in [-0.1, -0.05) is 25.1 Å². The van der Waals surface area contributed by atoms with Gasteiger partial charge in [0.1, 0.15) is 0 Å². The molecule has 2 amide bonds. The second-order valence-electron chi connectivity index (χ2n) is 6.16. The molecule has 3 N–H and O–H groups in total. The van der Waals surface area contributed by atoms with Crippen LogP contribution in [0.5, 0.6) is 0 Å². The number of amides is 2. The number of aryl methyl sites for hydroxylation is 2. The maximum absolute atomic E-state index is 12.2. The second kappa shape index (κ2) is 7.40. The van der Waals surface area contributed by atoms with Gasteiger partial charge < -0.3 is 15.5 Å². The van der Waals surface area contributed by atoms with E-state index in [1.54, 1.807) is 0 Å². The average molecular weight is 304 g/mol. The summed E-state index contributed by atoms with van der Waals surface area (Å²) < 4.78 is 0. The molecule has 0 spiro atoms. The third-order valence-electron chi connectivity index (χ3n) is 3.87. The standard InChI is InChI=1S/C17H25N3O2/c1-4-13-7-5-6-12(2)17(13)19-16(22)11-20(3)10-15(21)18-14-8-9-14/h5-7,14H,4,8-11H2,1-3H3,(H,18,21)(H,19,22)/p+1. The summed E-state index contributed by atoms with van der Waals surface area (Å²) in [6.07, 6.45) is 3.04. The summed E-state index contributed by atoms with van der Waals surface area (Å²) in [5, 5.41) is 5.94. The zero-order valence-corrected chi connectivity index (χ0v) is 13.7. The first kappa shape index (κ1) is 16.5. The lowest BCUT2D eigenvalue weighted by atomic mass is 10.1. The maximum Gasteiger partial charge on any atom is 0.279 e. The fraction of sp³-hybridized carbons (Fsp3) is 0.529. The van der Waals surface area contributed by atoms with Gasteiger partial charge in [-0.2, -0.15) is 0 Å². The Balaban J connectivity index is 1.85. The van der Waals surface area contributed by atoms with Crippen LogP contribution in [0, 0.1) is 6.92 Å². The Bertz CT molecular complexity index is 553. The van der Waals surface area contributed by atoms with Gasteiger partial charge in [0, 0.05) is 11.7 Å². The lowest BCUT2D eigenvalue weighted by Gasteiger charge is -2.16. The number of rotatable bonds is 7. The van der Waals surface area contributed by atoms with Crippen LogP contribution in [0.4, 0.5) is 5.69 Å². The van der Waals surface area contributed by atoms with Gasteiger partial charge in [0.15, 0.2) is 13.1 Å². The number of nitrogens with one attached hydrogen (secondary N) is 3. The summed E-state index contributed by atoms with van der Waals surface area (Å²) in [6, 6.07) is 6.40. The predicted octanol–water partition coefficient (Wildman–Crippen LogP) is 0.289. The summed E-state index contributed by atoms with van der Waals surface area (Å²) in [4.78, 5) is 24.8. The van der Waals surface area contributed by atoms with E-state index >= 15 is 0 Å². The number of carbonyl (C=O) groups excluding carboxylic acids is 2. The van der Waals surface area contributed by atoms with Crippen LogP contribution in [0.15, 0.2) is 18.2 Å². The van der Waals surface area contributed by atoms with E-state index in [0.29, 0.717) is 12.6 Å². The highest BCUT2D eigenvalue weighted by Crippen LogP contribution is 2.20. The van der Waals surface area contributed by atoms with Crippen molar-refractivity contribution < 1.29 is 14.5 Å². The van der Waals surface area contributed by atoms with E-state index in [1.807, 2.05) is 32.2 Å². The molecule has 22 heavy (non-hydrogen) atoms. The van der Waals surface area contributed by atoms with Crippen LogP contribution >= 0.6 is 0 Å². The minimum absolute atomic E-state index is 0.0259. The second-order valence-corrected chi connectivity index (χ2v) is 6.16. The van der Waals surface area contributed by atoms with Crippen molar-refractivity contribution in [1.82, 2.24) is 5.32 Å². The summed E-state index contributed by atoms with van der Waals surface area (Å²) >= 11 is 0. The molecule has 1 saturated carbocycles. The molecule has 1 aliphatic carbocycles. The minimum atomic E-state index is -0.0549. The number of para-hydroxylation sites is 1. The predicted molar refractivity (Wildman–Crippen MR) is 87.0 cm³/mol. The Hall–Kier alpha value is -1.88. The maximum atomic E-state index is 12.2. The van der Waals surface area contributed by atoms with E-state index in [-0.39, 0.29) is 18.4 Å². The third-order valence-corrected chi connectivity index (χ3v) is 3.87. The van der Waals surface area contributed by atoms with Crippen molar-refractivity contribution in [3.05, 3.63) is 29.3 Å². The van der Waals surface area contributed by atoms with Crippen LogP contribution in [0.3, 0.4) is 0 Å². The number of anilines is 1. The topological polar surface area (TPSA) is 62.6 Å². The zero-order chi connectivity index (χ0) is 16.1. The first-order valence-electron chi connectivity index (χ1n) is 7.98. The van der Waals surface area contributed by atoms with Gasteiger partial charge in [0.25, 0.3) is 11.8 Å². The van der Waals surface area contributed by atoms with E-state index < -0.39 is 0 Å². The summed E-state index contributed by atoms with van der Waals surface area (Å²) in [7, 11) is 1.87. The van der Waals surface area contributed by atoms with Gasteiger partial charge in [-0.05, 0) is 37.3 Å². The number of likely N-dealkylation sites (N-methyl/N-ethyl adjacent to an activating group) is 1. The van der Waals surface area contributed by atoms with Gasteiger partial charge in [0.2, 0.25) is 0 Å². The van der Waals surface area contributed by atoms with Crippen molar-refractivity contribution in [2.45, 2.75) is 39.2 Å². The highest BCUT2D eigenvalue weighted by atomic mass is 16.2. The lowest BCUT2D eigenvalue weighted by molar-refractivity contribution is -0.862. The van der Waals surface area contributed by atoms with Crippen molar-refractivity contribution in [1.29, 1.82) is 0 Å². The van der Waals surface area contributed by atoms with Crippen molar-refractivity contribution in [3.8, 4) is 0 Å². The quantitative estimate of drug-likeness (QED) is 0.678. The Morgan fingerprint density at radius 3 is 2.55 bits per heavy atom. The largest absolute Gasteiger partial charge is 0.348 e. The molecular weight excluding hydrogens is 278 g/mol. The number of carbonyl (C=O) groups is 2. The zero-order valence-electron chi connectivity index (χ0n) is 13.7. The van der Waals surface area contributed by atoms with Crippen molar-refractivity contribution in [2.24, 2.45) is 0 Å². The summed E-state index contributed by atoms with van der Waals surface area (Å²) in [5.41, 5.74) is 3.11. The number of quaternary nitrogens is 1. The minimum Gasteiger partial charge on any atom is -0.348 e. The fourth-order valence-electron chi connectivity index (χ4n) is 2.50. The smallest absolute Gasteiger partial charge is 0.279 e. The lowest BCUT2D eigenvalue weighted by Crippen LogP contribution is -3.11. The molecule has 1 aromatic rings. The molecule has 5 nitrogen and oxygen atoms in total. The van der Waals surface area contributed by atoms with Crippen LogP contribution in [-0.4, -0.2) is 38.0 Å². The highest BCUT2D eigenvalue weighted by molar-refractivity contribution is 5.93. The molecule has 1 unspecified atom stereocenters. The first-order chi connectivity index (χ1) is 10.5. The van der Waals surface area contributed by atoms with E-state index in [4.69, 9.17) is 0 Å². The van der Waals surface area contributed by atoms with Crippen molar-refractivity contribution in [3.63, 3.8) is 0 Å². The van der Waals surface area contributed by atoms with E-state index in [2.05, 4.69) is 17.6 Å². The van der Waals surface area contributed by atoms with Crippen LogP contribution < -0.4 is 15.5 Å². The van der Waals surface area contributed by atoms with Gasteiger partial charge in [0.05, 0.1) is 7.05 Å². The summed E-state index contributed by atoms with van der Waals surface area (Å²) in [5.74, 6) is -0.0290. The van der Waals surface area contributed by atoms with E-state index in [9.17, 15) is 9.59 Å². The Labute approximate surface area is 132 Å². The Morgan fingerprint density at radius 2 is 1.91 bits per heavy atom. The fourth-order valence-corrected chi connectivity index (χ4v) is 2.50. The third kappa shape index (κ3) is 4.84. The molecule has 1 aliphatic rings. The van der Waals surface area contributed by atoms with Crippen molar-refractivity contribution >= 4 is 17.5 Å².